The zero-order valence-corrected chi connectivity index (χ0v) is 9.06. The number of hydrogen-bond donors (Lipinski definition) is 0. The Morgan fingerprint density at radius 2 is 2.40 bits per heavy atom. The Morgan fingerprint density at radius 1 is 1.60 bits per heavy atom. The highest BCUT2D eigenvalue weighted by Gasteiger charge is 2.24. The summed E-state index contributed by atoms with van der Waals surface area (Å²) in [4.78, 5) is 17.4. The monoisotopic (exact) mass is 209 g/mol. The molecule has 1 aromatic heterocycles. The zero-order chi connectivity index (χ0) is 10.8. The molecule has 1 atom stereocenters. The van der Waals surface area contributed by atoms with E-state index in [-0.39, 0.29) is 17.5 Å². The van der Waals surface area contributed by atoms with Crippen LogP contribution in [0.1, 0.15) is 42.2 Å². The fourth-order valence-electron chi connectivity index (χ4n) is 1.91. The molecule has 0 aromatic carbocycles. The topological polar surface area (TPSA) is 59.2 Å². The van der Waals surface area contributed by atoms with Crippen LogP contribution < -0.4 is 0 Å². The first-order chi connectivity index (χ1) is 7.16. The number of aromatic nitrogens is 2. The highest BCUT2D eigenvalue weighted by molar-refractivity contribution is 5.89. The fourth-order valence-corrected chi connectivity index (χ4v) is 1.91. The van der Waals surface area contributed by atoms with Gasteiger partial charge in [0.2, 0.25) is 17.5 Å². The Bertz CT molecular complexity index is 361. The third-order valence-electron chi connectivity index (χ3n) is 2.73. The number of piperidine rings is 1. The number of likely N-dealkylation sites (tertiary alicyclic amines) is 1. The summed E-state index contributed by atoms with van der Waals surface area (Å²) in [5.74, 6) is 0.934. The minimum atomic E-state index is -0.144. The summed E-state index contributed by atoms with van der Waals surface area (Å²) in [5.41, 5.74) is 0. The van der Waals surface area contributed by atoms with Crippen molar-refractivity contribution in [3.05, 3.63) is 11.7 Å². The van der Waals surface area contributed by atoms with Gasteiger partial charge in [0, 0.05) is 13.5 Å². The van der Waals surface area contributed by atoms with Crippen LogP contribution in [-0.2, 0) is 0 Å². The lowest BCUT2D eigenvalue weighted by molar-refractivity contribution is 0.100. The number of carbonyl (C=O) groups is 1. The molecule has 0 aliphatic carbocycles. The molecule has 2 rings (SSSR count). The van der Waals surface area contributed by atoms with E-state index in [9.17, 15) is 4.79 Å². The van der Waals surface area contributed by atoms with Crippen LogP contribution in [0, 0.1) is 0 Å². The van der Waals surface area contributed by atoms with Gasteiger partial charge in [-0.3, -0.25) is 4.79 Å². The summed E-state index contributed by atoms with van der Waals surface area (Å²) in [6.45, 7) is 3.49. The molecule has 2 heterocycles. The van der Waals surface area contributed by atoms with E-state index in [1.54, 1.807) is 0 Å². The van der Waals surface area contributed by atoms with Gasteiger partial charge in [0.1, 0.15) is 0 Å². The maximum atomic E-state index is 11.0. The Morgan fingerprint density at radius 3 is 3.00 bits per heavy atom. The van der Waals surface area contributed by atoms with Crippen molar-refractivity contribution < 1.29 is 9.32 Å². The number of nitrogens with zero attached hydrogens (tertiary/aromatic N) is 3. The molecular weight excluding hydrogens is 194 g/mol. The third kappa shape index (κ3) is 2.23. The predicted molar refractivity (Wildman–Crippen MR) is 53.8 cm³/mol. The van der Waals surface area contributed by atoms with E-state index < -0.39 is 0 Å². The highest BCUT2D eigenvalue weighted by Crippen LogP contribution is 2.24. The molecule has 1 saturated heterocycles. The molecule has 1 aromatic rings. The molecule has 15 heavy (non-hydrogen) atoms. The normalized spacial score (nSPS) is 22.9. The van der Waals surface area contributed by atoms with E-state index >= 15 is 0 Å². The Balaban J connectivity index is 2.11. The minimum Gasteiger partial charge on any atom is -0.339 e. The van der Waals surface area contributed by atoms with Crippen LogP contribution in [-0.4, -0.2) is 41.0 Å². The van der Waals surface area contributed by atoms with Crippen molar-refractivity contribution in [1.82, 2.24) is 15.0 Å². The molecule has 5 nitrogen and oxygen atoms in total. The van der Waals surface area contributed by atoms with Crippen molar-refractivity contribution in [3.8, 4) is 0 Å². The van der Waals surface area contributed by atoms with Crippen LogP contribution in [0.15, 0.2) is 4.52 Å². The quantitative estimate of drug-likeness (QED) is 0.682. The second kappa shape index (κ2) is 4.10. The molecule has 0 spiro atoms. The second-order valence-electron chi connectivity index (χ2n) is 4.11. The Kier molecular flexibility index (Phi) is 2.81. The lowest BCUT2D eigenvalue weighted by Crippen LogP contribution is -2.30. The number of likely N-dealkylation sites (N-methyl/N-ethyl adjacent to an activating group) is 1. The first-order valence-electron chi connectivity index (χ1n) is 5.20. The fraction of sp³-hybridized carbons (Fsp3) is 0.700. The number of Topliss-reactive ketones (excluding diaryl/α,β-unsaturated/α-hetero) is 1. The number of hydrogen-bond acceptors (Lipinski definition) is 5. The van der Waals surface area contributed by atoms with E-state index in [1.807, 2.05) is 0 Å². The smallest absolute Gasteiger partial charge is 0.238 e. The van der Waals surface area contributed by atoms with Crippen LogP contribution in [0.3, 0.4) is 0 Å². The lowest BCUT2D eigenvalue weighted by atomic mass is 9.98. The van der Waals surface area contributed by atoms with E-state index in [4.69, 9.17) is 4.52 Å². The average molecular weight is 209 g/mol. The first kappa shape index (κ1) is 10.3. The van der Waals surface area contributed by atoms with Gasteiger partial charge in [0.15, 0.2) is 0 Å². The minimum absolute atomic E-state index is 0.144. The summed E-state index contributed by atoms with van der Waals surface area (Å²) in [7, 11) is 2.08. The van der Waals surface area contributed by atoms with Gasteiger partial charge in [-0.25, -0.2) is 0 Å². The summed E-state index contributed by atoms with van der Waals surface area (Å²) in [5, 5.41) is 3.66. The summed E-state index contributed by atoms with van der Waals surface area (Å²) < 4.78 is 5.11. The number of rotatable bonds is 2. The Hall–Kier alpha value is -1.23. The van der Waals surface area contributed by atoms with Crippen molar-refractivity contribution in [2.45, 2.75) is 25.7 Å². The van der Waals surface area contributed by atoms with Crippen LogP contribution in [0.25, 0.3) is 0 Å². The van der Waals surface area contributed by atoms with Gasteiger partial charge in [-0.2, -0.15) is 4.98 Å². The molecule has 1 unspecified atom stereocenters. The van der Waals surface area contributed by atoms with Gasteiger partial charge in [0.25, 0.3) is 0 Å². The van der Waals surface area contributed by atoms with Crippen molar-refractivity contribution in [3.63, 3.8) is 0 Å². The molecule has 1 fully saturated rings. The summed E-state index contributed by atoms with van der Waals surface area (Å²) in [6.07, 6.45) is 2.20. The average Bonchev–Trinajstić information content (AvgIpc) is 2.66. The molecule has 0 radical (unpaired) electrons. The molecule has 0 bridgehead atoms. The summed E-state index contributed by atoms with van der Waals surface area (Å²) >= 11 is 0. The number of ketones is 1. The van der Waals surface area contributed by atoms with Crippen LogP contribution in [0.4, 0.5) is 0 Å². The van der Waals surface area contributed by atoms with Gasteiger partial charge in [-0.15, -0.1) is 0 Å². The van der Waals surface area contributed by atoms with E-state index in [0.717, 1.165) is 25.9 Å². The van der Waals surface area contributed by atoms with Crippen LogP contribution in [0.5, 0.6) is 0 Å². The lowest BCUT2D eigenvalue weighted by Gasteiger charge is -2.27. The first-order valence-corrected chi connectivity index (χ1v) is 5.20. The van der Waals surface area contributed by atoms with E-state index in [1.165, 1.54) is 6.92 Å². The van der Waals surface area contributed by atoms with Gasteiger partial charge >= 0.3 is 0 Å². The van der Waals surface area contributed by atoms with Gasteiger partial charge < -0.3 is 9.42 Å². The Labute approximate surface area is 88.5 Å². The molecule has 0 saturated carbocycles. The number of carbonyl (C=O) groups excluding carboxylic acids is 1. The predicted octanol–water partition coefficient (Wildman–Crippen LogP) is 1.08. The van der Waals surface area contributed by atoms with Gasteiger partial charge in [0.05, 0.1) is 5.92 Å². The molecule has 0 amide bonds. The molecule has 0 N–H and O–H groups in total. The molecular formula is C10H15N3O2. The molecule has 82 valence electrons. The van der Waals surface area contributed by atoms with Crippen molar-refractivity contribution in [2.75, 3.05) is 20.1 Å². The molecule has 1 aliphatic rings. The standard InChI is InChI=1S/C10H15N3O2/c1-7(14)9-11-10(15-12-9)8-4-3-5-13(2)6-8/h8H,3-6H2,1-2H3. The van der Waals surface area contributed by atoms with Crippen LogP contribution in [0.2, 0.25) is 0 Å². The SMILES string of the molecule is CC(=O)c1noc(C2CCCN(C)C2)n1. The van der Waals surface area contributed by atoms with Gasteiger partial charge in [-0.1, -0.05) is 5.16 Å². The van der Waals surface area contributed by atoms with E-state index in [0.29, 0.717) is 5.89 Å². The molecule has 5 heteroatoms. The largest absolute Gasteiger partial charge is 0.339 e. The maximum absolute atomic E-state index is 11.0. The zero-order valence-electron chi connectivity index (χ0n) is 9.06. The maximum Gasteiger partial charge on any atom is 0.238 e. The van der Waals surface area contributed by atoms with Crippen molar-refractivity contribution >= 4 is 5.78 Å². The van der Waals surface area contributed by atoms with Crippen LogP contribution >= 0.6 is 0 Å². The van der Waals surface area contributed by atoms with Gasteiger partial charge in [-0.05, 0) is 26.4 Å². The van der Waals surface area contributed by atoms with E-state index in [2.05, 4.69) is 22.1 Å². The highest BCUT2D eigenvalue weighted by atomic mass is 16.5. The second-order valence-corrected chi connectivity index (χ2v) is 4.11. The third-order valence-corrected chi connectivity index (χ3v) is 2.73. The van der Waals surface area contributed by atoms with Crippen molar-refractivity contribution in [2.24, 2.45) is 0 Å². The summed E-state index contributed by atoms with van der Waals surface area (Å²) in [6, 6.07) is 0. The van der Waals surface area contributed by atoms with Crippen molar-refractivity contribution in [1.29, 1.82) is 0 Å². The molecule has 1 aliphatic heterocycles.